The molecule has 4 aliphatic rings. The number of sulfonamides is 1. The number of aryl methyl sites for hydroxylation is 1. The fourth-order valence-corrected chi connectivity index (χ4v) is 8.11. The van der Waals surface area contributed by atoms with E-state index in [0.717, 1.165) is 29.9 Å². The summed E-state index contributed by atoms with van der Waals surface area (Å²) in [4.78, 5) is 0.345. The quantitative estimate of drug-likeness (QED) is 0.839. The maximum Gasteiger partial charge on any atom is 0.244 e. The molecule has 0 unspecified atom stereocenters. The van der Waals surface area contributed by atoms with E-state index in [1.807, 2.05) is 13.8 Å². The van der Waals surface area contributed by atoms with Crippen LogP contribution in [0.15, 0.2) is 11.1 Å². The molecule has 0 spiro atoms. The van der Waals surface area contributed by atoms with E-state index in [9.17, 15) is 8.42 Å². The molecular weight excluding hydrogens is 334 g/mol. The van der Waals surface area contributed by atoms with Gasteiger partial charge in [-0.1, -0.05) is 6.92 Å². The Morgan fingerprint density at radius 1 is 1.20 bits per heavy atom. The Balaban J connectivity index is 1.60. The zero-order chi connectivity index (χ0) is 17.8. The number of nitrogens with one attached hydrogen (secondary N) is 1. The molecule has 1 N–H and O–H groups in total. The van der Waals surface area contributed by atoms with Crippen molar-refractivity contribution < 1.29 is 8.42 Å². The van der Waals surface area contributed by atoms with Crippen LogP contribution in [-0.4, -0.2) is 24.2 Å². The summed E-state index contributed by atoms with van der Waals surface area (Å²) < 4.78 is 31.0. The van der Waals surface area contributed by atoms with E-state index in [1.54, 1.807) is 4.68 Å². The number of aromatic nitrogens is 2. The lowest BCUT2D eigenvalue weighted by Crippen LogP contribution is -2.56. The van der Waals surface area contributed by atoms with Gasteiger partial charge in [0.15, 0.2) is 0 Å². The summed E-state index contributed by atoms with van der Waals surface area (Å²) in [7, 11) is -3.52. The minimum absolute atomic E-state index is 0.0512. The Morgan fingerprint density at radius 3 is 2.20 bits per heavy atom. The van der Waals surface area contributed by atoms with Crippen LogP contribution in [0.3, 0.4) is 0 Å². The van der Waals surface area contributed by atoms with Gasteiger partial charge in [0.25, 0.3) is 0 Å². The summed E-state index contributed by atoms with van der Waals surface area (Å²) in [5.74, 6) is 2.48. The number of hydrogen-bond acceptors (Lipinski definition) is 3. The van der Waals surface area contributed by atoms with Crippen LogP contribution in [0.2, 0.25) is 0 Å². The van der Waals surface area contributed by atoms with Gasteiger partial charge in [-0.15, -0.1) is 0 Å². The third-order valence-corrected chi connectivity index (χ3v) is 8.75. The van der Waals surface area contributed by atoms with Gasteiger partial charge in [0, 0.05) is 12.6 Å². The highest BCUT2D eigenvalue weighted by atomic mass is 32.2. The first-order valence-electron chi connectivity index (χ1n) is 9.91. The third-order valence-electron chi connectivity index (χ3n) is 7.18. The topological polar surface area (TPSA) is 64.0 Å². The van der Waals surface area contributed by atoms with Gasteiger partial charge in [0.05, 0.1) is 11.9 Å². The van der Waals surface area contributed by atoms with Gasteiger partial charge in [-0.2, -0.15) is 5.10 Å². The van der Waals surface area contributed by atoms with E-state index in [1.165, 1.54) is 44.7 Å². The van der Waals surface area contributed by atoms with E-state index in [0.29, 0.717) is 11.4 Å². The molecule has 0 aliphatic heterocycles. The summed E-state index contributed by atoms with van der Waals surface area (Å²) in [6, 6.07) is 0.0512. The molecule has 0 amide bonds. The summed E-state index contributed by atoms with van der Waals surface area (Å²) in [6.07, 6.45) is 10.2. The number of nitrogens with zero attached hydrogens (tertiary/aromatic N) is 2. The van der Waals surface area contributed by atoms with Crippen LogP contribution in [0.1, 0.15) is 64.5 Å². The Bertz CT molecular complexity index is 717. The maximum atomic E-state index is 13.1. The minimum Gasteiger partial charge on any atom is -0.269 e. The lowest BCUT2D eigenvalue weighted by Gasteiger charge is -2.59. The predicted octanol–water partition coefficient (Wildman–Crippen LogP) is 3.48. The molecule has 0 radical (unpaired) electrons. The Labute approximate surface area is 151 Å². The SMILES string of the molecule is CC[C@H](NS(=O)(=O)c1cnn(CC)c1C)C12CC3CC(CC(C3)C1)C2. The van der Waals surface area contributed by atoms with Crippen molar-refractivity contribution in [2.45, 2.75) is 83.2 Å². The standard InChI is InChI=1S/C19H31N3O2S/c1-4-18(19-9-14-6-15(10-19)8-16(7-14)11-19)21-25(23,24)17-12-20-22(5-2)13(17)3/h12,14-16,18,21H,4-11H2,1-3H3/t14?,15?,16?,18-,19?/m0/s1. The van der Waals surface area contributed by atoms with E-state index in [4.69, 9.17) is 0 Å². The van der Waals surface area contributed by atoms with Crippen molar-refractivity contribution in [3.63, 3.8) is 0 Å². The molecule has 4 saturated carbocycles. The Kier molecular flexibility index (Phi) is 4.27. The van der Waals surface area contributed by atoms with Crippen molar-refractivity contribution in [2.24, 2.45) is 23.2 Å². The second kappa shape index (κ2) is 6.08. The molecule has 4 fully saturated rings. The summed E-state index contributed by atoms with van der Waals surface area (Å²) >= 11 is 0. The minimum atomic E-state index is -3.52. The van der Waals surface area contributed by atoms with Crippen LogP contribution in [0.4, 0.5) is 0 Å². The molecule has 140 valence electrons. The lowest BCUT2D eigenvalue weighted by atomic mass is 9.47. The van der Waals surface area contributed by atoms with Gasteiger partial charge < -0.3 is 0 Å². The molecule has 4 aliphatic carbocycles. The third kappa shape index (κ3) is 2.85. The molecule has 0 aromatic carbocycles. The normalized spacial score (nSPS) is 35.2. The van der Waals surface area contributed by atoms with Gasteiger partial charge in [0.2, 0.25) is 10.0 Å². The Morgan fingerprint density at radius 2 is 1.76 bits per heavy atom. The fourth-order valence-electron chi connectivity index (χ4n) is 6.51. The van der Waals surface area contributed by atoms with Gasteiger partial charge in [-0.3, -0.25) is 4.68 Å². The summed E-state index contributed by atoms with van der Waals surface area (Å²) in [5, 5.41) is 4.22. The zero-order valence-electron chi connectivity index (χ0n) is 15.7. The summed E-state index contributed by atoms with van der Waals surface area (Å²) in [5.41, 5.74) is 0.918. The van der Waals surface area contributed by atoms with Gasteiger partial charge in [0.1, 0.15) is 4.90 Å². The Hall–Kier alpha value is -0.880. The molecule has 1 atom stereocenters. The predicted molar refractivity (Wildman–Crippen MR) is 97.6 cm³/mol. The van der Waals surface area contributed by atoms with Crippen LogP contribution in [0.25, 0.3) is 0 Å². The van der Waals surface area contributed by atoms with Crippen molar-refractivity contribution in [1.82, 2.24) is 14.5 Å². The van der Waals surface area contributed by atoms with E-state index in [-0.39, 0.29) is 11.5 Å². The van der Waals surface area contributed by atoms with Crippen molar-refractivity contribution >= 4 is 10.0 Å². The molecule has 1 aromatic rings. The van der Waals surface area contributed by atoms with Crippen LogP contribution in [0.5, 0.6) is 0 Å². The molecule has 5 rings (SSSR count). The fraction of sp³-hybridized carbons (Fsp3) is 0.842. The highest BCUT2D eigenvalue weighted by Gasteiger charge is 2.54. The molecule has 5 nitrogen and oxygen atoms in total. The average molecular weight is 366 g/mol. The van der Waals surface area contributed by atoms with Gasteiger partial charge in [-0.05, 0) is 82.0 Å². The van der Waals surface area contributed by atoms with Crippen molar-refractivity contribution in [1.29, 1.82) is 0 Å². The second-order valence-corrected chi connectivity index (χ2v) is 10.5. The van der Waals surface area contributed by atoms with E-state index < -0.39 is 10.0 Å². The maximum absolute atomic E-state index is 13.1. The van der Waals surface area contributed by atoms with Gasteiger partial charge >= 0.3 is 0 Å². The molecular formula is C19H31N3O2S. The van der Waals surface area contributed by atoms with Crippen molar-refractivity contribution in [3.8, 4) is 0 Å². The van der Waals surface area contributed by atoms with Crippen LogP contribution in [-0.2, 0) is 16.6 Å². The molecule has 6 heteroatoms. The highest BCUT2D eigenvalue weighted by molar-refractivity contribution is 7.89. The number of hydrogen-bond donors (Lipinski definition) is 1. The average Bonchev–Trinajstić information content (AvgIpc) is 2.93. The first kappa shape index (κ1) is 17.5. The molecule has 1 aromatic heterocycles. The van der Waals surface area contributed by atoms with Crippen LogP contribution >= 0.6 is 0 Å². The lowest BCUT2D eigenvalue weighted by molar-refractivity contribution is -0.0704. The monoisotopic (exact) mass is 365 g/mol. The first-order chi connectivity index (χ1) is 11.9. The van der Waals surface area contributed by atoms with Crippen molar-refractivity contribution in [3.05, 3.63) is 11.9 Å². The second-order valence-electron chi connectivity index (χ2n) is 8.77. The molecule has 1 heterocycles. The smallest absolute Gasteiger partial charge is 0.244 e. The number of rotatable bonds is 6. The first-order valence-corrected chi connectivity index (χ1v) is 11.4. The summed E-state index contributed by atoms with van der Waals surface area (Å²) in [6.45, 7) is 6.65. The van der Waals surface area contributed by atoms with E-state index >= 15 is 0 Å². The van der Waals surface area contributed by atoms with Gasteiger partial charge in [-0.25, -0.2) is 13.1 Å². The van der Waals surface area contributed by atoms with E-state index in [2.05, 4.69) is 16.7 Å². The zero-order valence-corrected chi connectivity index (χ0v) is 16.5. The molecule has 4 bridgehead atoms. The van der Waals surface area contributed by atoms with Crippen molar-refractivity contribution in [2.75, 3.05) is 0 Å². The van der Waals surface area contributed by atoms with Crippen LogP contribution < -0.4 is 4.72 Å². The van der Waals surface area contributed by atoms with Crippen LogP contribution in [0, 0.1) is 30.1 Å². The molecule has 0 saturated heterocycles. The largest absolute Gasteiger partial charge is 0.269 e. The highest BCUT2D eigenvalue weighted by Crippen LogP contribution is 2.61. The molecule has 25 heavy (non-hydrogen) atoms.